The van der Waals surface area contributed by atoms with Crippen molar-refractivity contribution in [2.45, 2.75) is 110 Å². The zero-order valence-electron chi connectivity index (χ0n) is 55.6. The van der Waals surface area contributed by atoms with Crippen LogP contribution in [0.25, 0.3) is 0 Å². The van der Waals surface area contributed by atoms with Crippen molar-refractivity contribution in [3.05, 3.63) is 214 Å². The Bertz CT molecular complexity index is 4350. The summed E-state index contributed by atoms with van der Waals surface area (Å²) in [5.41, 5.74) is 7.00. The fourth-order valence-corrected chi connectivity index (χ4v) is 20.6. The van der Waals surface area contributed by atoms with E-state index in [1.165, 1.54) is 50.1 Å². The van der Waals surface area contributed by atoms with E-state index in [0.29, 0.717) is 52.0 Å². The molecule has 0 aromatic heterocycles. The molecule has 96 heavy (non-hydrogen) atoms. The molecule has 518 valence electrons. The number of nitrogens with zero attached hydrogens (tertiary/aromatic N) is 8. The molecule has 2 saturated heterocycles. The van der Waals surface area contributed by atoms with Crippen LogP contribution in [0.4, 0.5) is 0 Å². The van der Waals surface area contributed by atoms with E-state index in [2.05, 4.69) is 9.80 Å². The molecule has 0 saturated carbocycles. The van der Waals surface area contributed by atoms with E-state index in [4.69, 9.17) is 0 Å². The van der Waals surface area contributed by atoms with Crippen LogP contribution in [0.5, 0.6) is 0 Å². The molecule has 0 spiro atoms. The highest BCUT2D eigenvalue weighted by Crippen LogP contribution is 2.27. The summed E-state index contributed by atoms with van der Waals surface area (Å²) in [6, 6.07) is 47.0. The van der Waals surface area contributed by atoms with Crippen LogP contribution in [0, 0.1) is 41.5 Å². The number of aryl methyl sites for hydroxylation is 6. The lowest BCUT2D eigenvalue weighted by molar-refractivity contribution is 0.223. The lowest BCUT2D eigenvalue weighted by Gasteiger charge is -2.32. The fraction of sp³-hybridized carbons (Fsp3) is 0.400. The summed E-state index contributed by atoms with van der Waals surface area (Å²) in [7, 11) is -25.0. The molecular weight excluding hydrogens is 1340 g/mol. The highest BCUT2D eigenvalue weighted by molar-refractivity contribution is 7.90. The minimum Gasteiger partial charge on any atom is -0.299 e. The van der Waals surface area contributed by atoms with Gasteiger partial charge in [0, 0.05) is 98.2 Å². The van der Waals surface area contributed by atoms with Crippen molar-refractivity contribution in [3.8, 4) is 0 Å². The Morgan fingerprint density at radius 3 is 0.562 bits per heavy atom. The second kappa shape index (κ2) is 32.3. The largest absolute Gasteiger partial charge is 0.299 e. The maximum absolute atomic E-state index is 14.7. The lowest BCUT2D eigenvalue weighted by atomic mass is 10.1. The molecule has 0 amide bonds. The zero-order chi connectivity index (χ0) is 69.1. The molecule has 0 aliphatic carbocycles. The van der Waals surface area contributed by atoms with Gasteiger partial charge in [-0.05, 0) is 171 Å². The number of sulfonamides is 6. The molecule has 2 fully saturated rings. The predicted octanol–water partition coefficient (Wildman–Crippen LogP) is 8.87. The van der Waals surface area contributed by atoms with Crippen LogP contribution in [0.1, 0.15) is 70.2 Å². The van der Waals surface area contributed by atoms with Gasteiger partial charge >= 0.3 is 0 Å². The van der Waals surface area contributed by atoms with E-state index in [1.54, 1.807) is 121 Å². The Labute approximate surface area is 571 Å². The van der Waals surface area contributed by atoms with E-state index in [9.17, 15) is 50.5 Å². The van der Waals surface area contributed by atoms with Crippen LogP contribution in [0.2, 0.25) is 0 Å². The van der Waals surface area contributed by atoms with E-state index in [-0.39, 0.29) is 121 Å². The Hall–Kier alpha value is -6.08. The van der Waals surface area contributed by atoms with Crippen LogP contribution in [0.15, 0.2) is 199 Å². The predicted molar refractivity (Wildman–Crippen MR) is 375 cm³/mol. The van der Waals surface area contributed by atoms with Crippen molar-refractivity contribution in [2.24, 2.45) is 0 Å². The Balaban J connectivity index is 0.988. The lowest BCUT2D eigenvalue weighted by Crippen LogP contribution is -2.46. The highest BCUT2D eigenvalue weighted by atomic mass is 32.2. The van der Waals surface area contributed by atoms with Gasteiger partial charge in [-0.15, -0.1) is 0 Å². The van der Waals surface area contributed by atoms with Crippen LogP contribution in [0.3, 0.4) is 0 Å². The van der Waals surface area contributed by atoms with Crippen molar-refractivity contribution in [1.82, 2.24) is 35.6 Å². The van der Waals surface area contributed by atoms with Gasteiger partial charge in [0.25, 0.3) is 0 Å². The third-order valence-corrected chi connectivity index (χ3v) is 29.2. The molecule has 2 aliphatic rings. The summed E-state index contributed by atoms with van der Waals surface area (Å²) in [5.74, 6) is 0. The monoisotopic (exact) mass is 1430 g/mol. The molecule has 2 heterocycles. The topological polar surface area (TPSA) is 231 Å². The van der Waals surface area contributed by atoms with E-state index < -0.39 is 60.1 Å². The molecule has 7 aromatic carbocycles. The molecule has 0 radical (unpaired) electrons. The molecular formula is C70H90N8O12S6. The second-order valence-electron chi connectivity index (χ2n) is 25.1. The molecule has 0 N–H and O–H groups in total. The molecule has 2 aliphatic heterocycles. The van der Waals surface area contributed by atoms with Gasteiger partial charge in [-0.1, -0.05) is 130 Å². The summed E-state index contributed by atoms with van der Waals surface area (Å²) >= 11 is 0. The van der Waals surface area contributed by atoms with Crippen molar-refractivity contribution < 1.29 is 50.5 Å². The first-order valence-corrected chi connectivity index (χ1v) is 41.1. The van der Waals surface area contributed by atoms with Gasteiger partial charge < -0.3 is 0 Å². The average molecular weight is 1430 g/mol. The molecule has 20 nitrogen and oxygen atoms in total. The fourth-order valence-electron chi connectivity index (χ4n) is 11.8. The minimum absolute atomic E-state index is 0.00333. The van der Waals surface area contributed by atoms with E-state index in [0.717, 1.165) is 44.5 Å². The second-order valence-corrected chi connectivity index (χ2v) is 36.7. The van der Waals surface area contributed by atoms with E-state index in [1.807, 2.05) is 65.8 Å². The van der Waals surface area contributed by atoms with Crippen molar-refractivity contribution in [1.29, 1.82) is 0 Å². The third-order valence-electron chi connectivity index (χ3n) is 17.7. The summed E-state index contributed by atoms with van der Waals surface area (Å²) in [4.78, 5) is 4.63. The van der Waals surface area contributed by atoms with E-state index >= 15 is 0 Å². The first-order chi connectivity index (χ1) is 45.5. The van der Waals surface area contributed by atoms with Gasteiger partial charge in [0.2, 0.25) is 60.1 Å². The standard InChI is InChI=1S/C70H90N8O12S6/c1-57-11-27-65(28-12-57)91(79,80)73-45-10-46-77(95(87,88)69-35-19-61(5)20-36-69)50-49-74(92(81,82)66-29-13-58(2)14-30-66)44-9-41-72(47-48-73)56-64-25-23-63(24-26-64)55-71-39-7-42-75(93(83,84)67-31-15-59(3)16-32-67)51-53-78(96(89,90)70-37-21-62(6)22-38-70)54-52-76(43-8-40-71)94(85,86)68-33-17-60(4)18-34-68/h11-38H,7-10,39-56H2,1-6H3. The third kappa shape index (κ3) is 18.8. The molecule has 0 unspecified atom stereocenters. The Morgan fingerprint density at radius 2 is 0.365 bits per heavy atom. The first kappa shape index (κ1) is 74.2. The van der Waals surface area contributed by atoms with Gasteiger partial charge in [0.1, 0.15) is 0 Å². The van der Waals surface area contributed by atoms with Crippen LogP contribution in [-0.4, -0.2) is 191 Å². The van der Waals surface area contributed by atoms with Gasteiger partial charge in [-0.25, -0.2) is 50.5 Å². The quantitative estimate of drug-likeness (QED) is 0.0880. The Morgan fingerprint density at radius 1 is 0.208 bits per heavy atom. The van der Waals surface area contributed by atoms with Crippen LogP contribution < -0.4 is 0 Å². The van der Waals surface area contributed by atoms with Crippen LogP contribution >= 0.6 is 0 Å². The molecule has 9 rings (SSSR count). The SMILES string of the molecule is Cc1ccc(S(=O)(=O)N2CCCN(S(=O)(=O)c3ccc(C)cc3)CCN(S(=O)(=O)c3ccc(C)cc3)CCCN(Cc3ccc(CN4CCCN(S(=O)(=O)c5ccc(C)cc5)CCN(S(=O)(=O)c5ccc(C)cc5)CCN(S(=O)(=O)c5ccc(C)cc5)CCC4)cc3)CC2)cc1. The normalized spacial score (nSPS) is 18.1. The van der Waals surface area contributed by atoms with Crippen LogP contribution in [-0.2, 0) is 73.2 Å². The summed E-state index contributed by atoms with van der Waals surface area (Å²) < 4.78 is 183. The number of hydrogen-bond donors (Lipinski definition) is 0. The Kier molecular flexibility index (Phi) is 24.9. The molecule has 0 atom stereocenters. The van der Waals surface area contributed by atoms with Gasteiger partial charge in [0.05, 0.1) is 29.4 Å². The highest BCUT2D eigenvalue weighted by Gasteiger charge is 2.35. The van der Waals surface area contributed by atoms with Crippen molar-refractivity contribution >= 4 is 60.1 Å². The number of rotatable bonds is 16. The first-order valence-electron chi connectivity index (χ1n) is 32.5. The number of hydrogen-bond acceptors (Lipinski definition) is 14. The maximum atomic E-state index is 14.7. The van der Waals surface area contributed by atoms with Crippen molar-refractivity contribution in [2.75, 3.05) is 105 Å². The molecule has 7 aromatic rings. The maximum Gasteiger partial charge on any atom is 0.243 e. The average Bonchev–Trinajstić information content (AvgIpc) is 0.853. The van der Waals surface area contributed by atoms with Gasteiger partial charge in [-0.3, -0.25) is 9.80 Å². The van der Waals surface area contributed by atoms with Gasteiger partial charge in [-0.2, -0.15) is 25.8 Å². The molecule has 0 bridgehead atoms. The summed E-state index contributed by atoms with van der Waals surface area (Å²) in [6.45, 7) is 12.0. The summed E-state index contributed by atoms with van der Waals surface area (Å²) in [6.07, 6.45) is 1.11. The molecule has 26 heteroatoms. The summed E-state index contributed by atoms with van der Waals surface area (Å²) in [5, 5.41) is 0. The van der Waals surface area contributed by atoms with Crippen molar-refractivity contribution in [3.63, 3.8) is 0 Å². The zero-order valence-corrected chi connectivity index (χ0v) is 60.5. The minimum atomic E-state index is -4.26. The smallest absolute Gasteiger partial charge is 0.243 e. The van der Waals surface area contributed by atoms with Gasteiger partial charge in [0.15, 0.2) is 0 Å². The number of benzene rings is 7.